The van der Waals surface area contributed by atoms with Crippen molar-refractivity contribution < 1.29 is 9.13 Å². The second kappa shape index (κ2) is 8.25. The molecule has 7 nitrogen and oxygen atoms in total. The monoisotopic (exact) mass is 426 g/mol. The molecule has 3 heterocycles. The van der Waals surface area contributed by atoms with E-state index in [4.69, 9.17) is 27.8 Å². The van der Waals surface area contributed by atoms with Crippen molar-refractivity contribution in [2.75, 3.05) is 12.3 Å². The average Bonchev–Trinajstić information content (AvgIpc) is 3.08. The van der Waals surface area contributed by atoms with Gasteiger partial charge < -0.3 is 16.2 Å². The van der Waals surface area contributed by atoms with Crippen molar-refractivity contribution in [3.63, 3.8) is 0 Å². The van der Waals surface area contributed by atoms with E-state index in [2.05, 4.69) is 20.2 Å². The molecule has 0 saturated heterocycles. The number of fused-ring (bicyclic) bond motifs is 1. The van der Waals surface area contributed by atoms with Gasteiger partial charge in [0.15, 0.2) is 17.2 Å². The van der Waals surface area contributed by atoms with Gasteiger partial charge in [-0.25, -0.2) is 14.4 Å². The number of nitrogens with one attached hydrogen (secondary N) is 1. The van der Waals surface area contributed by atoms with Crippen LogP contribution < -0.4 is 16.2 Å². The van der Waals surface area contributed by atoms with Crippen LogP contribution in [-0.2, 0) is 6.42 Å². The van der Waals surface area contributed by atoms with Crippen molar-refractivity contribution in [2.45, 2.75) is 19.4 Å². The zero-order valence-electron chi connectivity index (χ0n) is 16.2. The highest BCUT2D eigenvalue weighted by Crippen LogP contribution is 2.34. The molecule has 9 heteroatoms. The number of benzene rings is 1. The summed E-state index contributed by atoms with van der Waals surface area (Å²) < 4.78 is 19.2. The fourth-order valence-electron chi connectivity index (χ4n) is 3.20. The SMILES string of the molecule is Cc1n[nH]c2ncc(-c3cc(OC[C@@H](N)Cc4cccc(F)c4)c(N)nc3Cl)cc12. The van der Waals surface area contributed by atoms with Crippen molar-refractivity contribution in [2.24, 2.45) is 5.73 Å². The van der Waals surface area contributed by atoms with Gasteiger partial charge in [0.1, 0.15) is 17.6 Å². The van der Waals surface area contributed by atoms with Crippen LogP contribution in [0.4, 0.5) is 10.2 Å². The highest BCUT2D eigenvalue weighted by Gasteiger charge is 2.15. The second-order valence-corrected chi connectivity index (χ2v) is 7.40. The summed E-state index contributed by atoms with van der Waals surface area (Å²) in [5, 5.41) is 8.15. The summed E-state index contributed by atoms with van der Waals surface area (Å²) in [7, 11) is 0. The Bertz CT molecular complexity index is 1210. The first-order valence-corrected chi connectivity index (χ1v) is 9.68. The molecule has 0 unspecified atom stereocenters. The predicted octanol–water partition coefficient (Wildman–Crippen LogP) is 3.65. The van der Waals surface area contributed by atoms with Gasteiger partial charge in [-0.15, -0.1) is 0 Å². The molecule has 0 saturated carbocycles. The van der Waals surface area contributed by atoms with Gasteiger partial charge >= 0.3 is 0 Å². The molecule has 154 valence electrons. The molecule has 0 radical (unpaired) electrons. The van der Waals surface area contributed by atoms with Crippen molar-refractivity contribution in [1.29, 1.82) is 0 Å². The van der Waals surface area contributed by atoms with E-state index in [1.54, 1.807) is 18.3 Å². The number of nitrogens with zero attached hydrogens (tertiary/aromatic N) is 3. The maximum Gasteiger partial charge on any atom is 0.167 e. The van der Waals surface area contributed by atoms with Crippen LogP contribution in [0, 0.1) is 12.7 Å². The first-order chi connectivity index (χ1) is 14.4. The topological polar surface area (TPSA) is 116 Å². The number of anilines is 1. The molecule has 0 bridgehead atoms. The summed E-state index contributed by atoms with van der Waals surface area (Å²) >= 11 is 6.33. The molecule has 1 aromatic carbocycles. The minimum Gasteiger partial charge on any atom is -0.488 e. The van der Waals surface area contributed by atoms with Gasteiger partial charge in [0.25, 0.3) is 0 Å². The van der Waals surface area contributed by atoms with Crippen LogP contribution in [0.3, 0.4) is 0 Å². The third-order valence-corrected chi connectivity index (χ3v) is 5.01. The molecule has 4 aromatic rings. The normalized spacial score (nSPS) is 12.3. The third-order valence-electron chi connectivity index (χ3n) is 4.73. The lowest BCUT2D eigenvalue weighted by molar-refractivity contribution is 0.288. The van der Waals surface area contributed by atoms with Crippen molar-refractivity contribution >= 4 is 28.5 Å². The van der Waals surface area contributed by atoms with E-state index in [1.165, 1.54) is 12.1 Å². The molecule has 0 aliphatic heterocycles. The smallest absolute Gasteiger partial charge is 0.167 e. The maximum atomic E-state index is 13.3. The Hall–Kier alpha value is -3.23. The number of aromatic nitrogens is 4. The van der Waals surface area contributed by atoms with E-state index in [-0.39, 0.29) is 29.4 Å². The Morgan fingerprint density at radius 3 is 2.90 bits per heavy atom. The Balaban J connectivity index is 1.54. The van der Waals surface area contributed by atoms with Crippen LogP contribution in [-0.4, -0.2) is 32.8 Å². The van der Waals surface area contributed by atoms with Gasteiger partial charge in [-0.3, -0.25) is 5.10 Å². The van der Waals surface area contributed by atoms with Crippen LogP contribution in [0.2, 0.25) is 5.15 Å². The summed E-state index contributed by atoms with van der Waals surface area (Å²) in [5.74, 6) is 0.234. The summed E-state index contributed by atoms with van der Waals surface area (Å²) in [6.45, 7) is 2.07. The molecular formula is C21H20ClFN6O. The van der Waals surface area contributed by atoms with Crippen molar-refractivity contribution in [3.8, 4) is 16.9 Å². The number of pyridine rings is 2. The molecule has 0 aliphatic rings. The predicted molar refractivity (Wildman–Crippen MR) is 115 cm³/mol. The number of H-pyrrole nitrogens is 1. The van der Waals surface area contributed by atoms with E-state index in [0.29, 0.717) is 23.4 Å². The number of nitrogen functional groups attached to an aromatic ring is 1. The molecule has 4 rings (SSSR count). The minimum atomic E-state index is -0.350. The molecular weight excluding hydrogens is 407 g/mol. The van der Waals surface area contributed by atoms with Gasteiger partial charge in [-0.1, -0.05) is 23.7 Å². The van der Waals surface area contributed by atoms with Gasteiger partial charge in [0, 0.05) is 28.8 Å². The maximum absolute atomic E-state index is 13.3. The summed E-state index contributed by atoms with van der Waals surface area (Å²) in [6.07, 6.45) is 2.14. The van der Waals surface area contributed by atoms with Gasteiger partial charge in [0.05, 0.1) is 5.69 Å². The molecule has 0 fully saturated rings. The average molecular weight is 427 g/mol. The van der Waals surface area contributed by atoms with Crippen LogP contribution in [0.1, 0.15) is 11.3 Å². The first-order valence-electron chi connectivity index (χ1n) is 9.30. The molecule has 1 atom stereocenters. The minimum absolute atomic E-state index is 0.162. The van der Waals surface area contributed by atoms with E-state index < -0.39 is 0 Å². The Morgan fingerprint density at radius 1 is 1.27 bits per heavy atom. The summed E-state index contributed by atoms with van der Waals surface area (Å²) in [6, 6.07) is 9.62. The molecule has 0 amide bonds. The summed E-state index contributed by atoms with van der Waals surface area (Å²) in [5.41, 5.74) is 15.8. The number of ether oxygens (including phenoxy) is 1. The number of hydrogen-bond donors (Lipinski definition) is 3. The Labute approximate surface area is 177 Å². The number of rotatable bonds is 6. The summed E-state index contributed by atoms with van der Waals surface area (Å²) in [4.78, 5) is 8.56. The lowest BCUT2D eigenvalue weighted by Crippen LogP contribution is -2.30. The number of nitrogens with two attached hydrogens (primary N) is 2. The van der Waals surface area contributed by atoms with E-state index in [1.807, 2.05) is 19.1 Å². The zero-order valence-corrected chi connectivity index (χ0v) is 16.9. The van der Waals surface area contributed by atoms with E-state index >= 15 is 0 Å². The number of hydrogen-bond acceptors (Lipinski definition) is 6. The fraction of sp³-hybridized carbons (Fsp3) is 0.190. The van der Waals surface area contributed by atoms with E-state index in [9.17, 15) is 4.39 Å². The molecule has 0 aliphatic carbocycles. The molecule has 0 spiro atoms. The standard InChI is InChI=1S/C21H20ClFN6O/c1-11-16-7-13(9-26-21(16)29-28-11)17-8-18(20(25)27-19(17)22)30-10-15(24)6-12-3-2-4-14(23)5-12/h2-5,7-9,15H,6,10,24H2,1H3,(H2,25,27)(H,26,28,29)/t15-/m0/s1. The highest BCUT2D eigenvalue weighted by atomic mass is 35.5. The third kappa shape index (κ3) is 4.19. The van der Waals surface area contributed by atoms with Crippen LogP contribution >= 0.6 is 11.6 Å². The molecule has 30 heavy (non-hydrogen) atoms. The quantitative estimate of drug-likeness (QED) is 0.405. The van der Waals surface area contributed by atoms with Crippen LogP contribution in [0.15, 0.2) is 42.6 Å². The second-order valence-electron chi connectivity index (χ2n) is 7.04. The lowest BCUT2D eigenvalue weighted by Gasteiger charge is -2.16. The number of halogens is 2. The van der Waals surface area contributed by atoms with Gasteiger partial charge in [-0.2, -0.15) is 5.10 Å². The van der Waals surface area contributed by atoms with Gasteiger partial charge in [-0.05, 0) is 43.2 Å². The van der Waals surface area contributed by atoms with Gasteiger partial charge in [0.2, 0.25) is 0 Å². The lowest BCUT2D eigenvalue weighted by atomic mass is 10.1. The first kappa shape index (κ1) is 20.1. The largest absolute Gasteiger partial charge is 0.488 e. The Kier molecular flexibility index (Phi) is 5.52. The molecule has 5 N–H and O–H groups in total. The fourth-order valence-corrected chi connectivity index (χ4v) is 3.45. The van der Waals surface area contributed by atoms with Crippen LogP contribution in [0.25, 0.3) is 22.2 Å². The van der Waals surface area contributed by atoms with Crippen molar-refractivity contribution in [3.05, 3.63) is 64.8 Å². The van der Waals surface area contributed by atoms with Crippen LogP contribution in [0.5, 0.6) is 5.75 Å². The van der Waals surface area contributed by atoms with Crippen molar-refractivity contribution in [1.82, 2.24) is 20.2 Å². The highest BCUT2D eigenvalue weighted by molar-refractivity contribution is 6.32. The Morgan fingerprint density at radius 2 is 2.10 bits per heavy atom. The number of aryl methyl sites for hydroxylation is 1. The zero-order chi connectivity index (χ0) is 21.3. The van der Waals surface area contributed by atoms with E-state index in [0.717, 1.165) is 22.2 Å². The molecule has 3 aromatic heterocycles. The number of aromatic amines is 1.